The molecule has 1 heteroatoms. The summed E-state index contributed by atoms with van der Waals surface area (Å²) in [6, 6.07) is 0. The summed E-state index contributed by atoms with van der Waals surface area (Å²) in [5, 5.41) is 0. The van der Waals surface area contributed by atoms with Gasteiger partial charge in [-0.3, -0.25) is 0 Å². The second-order valence-electron chi connectivity index (χ2n) is 14.4. The third kappa shape index (κ3) is 30.0. The first-order valence-electron chi connectivity index (χ1n) is 20.4. The molecule has 0 radical (unpaired) electrons. The van der Waals surface area contributed by atoms with Crippen molar-refractivity contribution in [3.8, 4) is 0 Å². The molecule has 0 bridgehead atoms. The highest BCUT2D eigenvalue weighted by Crippen LogP contribution is 2.23. The Hall–Kier alpha value is -0.0400. The summed E-state index contributed by atoms with van der Waals surface area (Å²) in [5.74, 6) is 1.85. The molecule has 0 aromatic heterocycles. The van der Waals surface area contributed by atoms with Crippen LogP contribution in [0, 0.1) is 11.8 Å². The topological polar surface area (TPSA) is 3.24 Å². The molecular formula is C41H85N. The van der Waals surface area contributed by atoms with Crippen molar-refractivity contribution in [3.05, 3.63) is 0 Å². The Kier molecular flexibility index (Phi) is 35.4. The molecule has 0 aromatic rings. The van der Waals surface area contributed by atoms with E-state index in [2.05, 4.69) is 39.5 Å². The van der Waals surface area contributed by atoms with E-state index in [1.54, 1.807) is 0 Å². The largest absolute Gasteiger partial charge is 0.303 e. The first kappa shape index (κ1) is 42.0. The SMILES string of the molecule is CCCCCCCCCCCN(CC(CC)CCCCCCCCC)C[C@H](CCCCCC)CCCCCCCCC. The van der Waals surface area contributed by atoms with Crippen molar-refractivity contribution in [1.29, 1.82) is 0 Å². The van der Waals surface area contributed by atoms with Gasteiger partial charge in [-0.2, -0.15) is 0 Å². The van der Waals surface area contributed by atoms with E-state index in [4.69, 9.17) is 0 Å². The molecular weight excluding hydrogens is 506 g/mol. The van der Waals surface area contributed by atoms with Crippen molar-refractivity contribution in [2.75, 3.05) is 19.6 Å². The van der Waals surface area contributed by atoms with Crippen molar-refractivity contribution < 1.29 is 0 Å². The van der Waals surface area contributed by atoms with Crippen molar-refractivity contribution in [2.45, 2.75) is 234 Å². The molecule has 0 N–H and O–H groups in total. The summed E-state index contributed by atoms with van der Waals surface area (Å²) < 4.78 is 0. The quantitative estimate of drug-likeness (QED) is 0.0655. The summed E-state index contributed by atoms with van der Waals surface area (Å²) in [6.45, 7) is 16.0. The Morgan fingerprint density at radius 1 is 0.310 bits per heavy atom. The van der Waals surface area contributed by atoms with Gasteiger partial charge in [0, 0.05) is 13.1 Å². The molecule has 0 saturated heterocycles. The number of nitrogens with zero attached hydrogens (tertiary/aromatic N) is 1. The highest BCUT2D eigenvalue weighted by molar-refractivity contribution is 4.72. The molecule has 0 amide bonds. The van der Waals surface area contributed by atoms with Crippen molar-refractivity contribution in [1.82, 2.24) is 4.90 Å². The van der Waals surface area contributed by atoms with E-state index in [1.807, 2.05) is 0 Å². The lowest BCUT2D eigenvalue weighted by Crippen LogP contribution is -2.35. The van der Waals surface area contributed by atoms with Gasteiger partial charge in [-0.1, -0.05) is 208 Å². The standard InChI is InChI=1S/C41H85N/c1-6-11-15-19-22-23-26-29-33-37-42(38-40(10-5)34-31-27-24-20-16-12-7-2)39-41(35-30-18-14-9-4)36-32-28-25-21-17-13-8-3/h40-41H,6-39H2,1-5H3/t40?,41-/m1/s1. The van der Waals surface area contributed by atoms with Crippen LogP contribution in [0.2, 0.25) is 0 Å². The molecule has 0 aliphatic carbocycles. The minimum Gasteiger partial charge on any atom is -0.303 e. The van der Waals surface area contributed by atoms with Gasteiger partial charge in [0.15, 0.2) is 0 Å². The van der Waals surface area contributed by atoms with Crippen molar-refractivity contribution in [3.63, 3.8) is 0 Å². The van der Waals surface area contributed by atoms with Gasteiger partial charge in [0.2, 0.25) is 0 Å². The average Bonchev–Trinajstić information content (AvgIpc) is 3.00. The monoisotopic (exact) mass is 592 g/mol. The Bertz CT molecular complexity index is 473. The van der Waals surface area contributed by atoms with Gasteiger partial charge in [0.1, 0.15) is 0 Å². The molecule has 0 fully saturated rings. The van der Waals surface area contributed by atoms with Crippen LogP contribution in [0.3, 0.4) is 0 Å². The summed E-state index contributed by atoms with van der Waals surface area (Å²) in [7, 11) is 0. The van der Waals surface area contributed by atoms with Crippen LogP contribution in [-0.2, 0) is 0 Å². The maximum absolute atomic E-state index is 2.99. The fraction of sp³-hybridized carbons (Fsp3) is 1.00. The molecule has 1 unspecified atom stereocenters. The van der Waals surface area contributed by atoms with E-state index in [-0.39, 0.29) is 0 Å². The van der Waals surface area contributed by atoms with Crippen LogP contribution in [0.15, 0.2) is 0 Å². The van der Waals surface area contributed by atoms with E-state index in [0.29, 0.717) is 0 Å². The van der Waals surface area contributed by atoms with Gasteiger partial charge in [-0.25, -0.2) is 0 Å². The summed E-state index contributed by atoms with van der Waals surface area (Å²) >= 11 is 0. The highest BCUT2D eigenvalue weighted by atomic mass is 15.1. The molecule has 1 nitrogen and oxygen atoms in total. The predicted octanol–water partition coefficient (Wildman–Crippen LogP) is 14.7. The van der Waals surface area contributed by atoms with Gasteiger partial charge in [-0.05, 0) is 44.1 Å². The first-order chi connectivity index (χ1) is 20.7. The van der Waals surface area contributed by atoms with Gasteiger partial charge in [0.05, 0.1) is 0 Å². The van der Waals surface area contributed by atoms with Crippen LogP contribution in [0.4, 0.5) is 0 Å². The van der Waals surface area contributed by atoms with Crippen molar-refractivity contribution in [2.24, 2.45) is 11.8 Å². The zero-order valence-electron chi connectivity index (χ0n) is 30.6. The molecule has 0 heterocycles. The Balaban J connectivity index is 4.85. The molecule has 42 heavy (non-hydrogen) atoms. The van der Waals surface area contributed by atoms with Crippen molar-refractivity contribution >= 4 is 0 Å². The zero-order chi connectivity index (χ0) is 30.8. The predicted molar refractivity (Wildman–Crippen MR) is 195 cm³/mol. The maximum atomic E-state index is 2.99. The fourth-order valence-corrected chi connectivity index (χ4v) is 7.02. The Morgan fingerprint density at radius 2 is 0.595 bits per heavy atom. The normalized spacial score (nSPS) is 13.3. The molecule has 0 rings (SSSR count). The van der Waals surface area contributed by atoms with Gasteiger partial charge >= 0.3 is 0 Å². The van der Waals surface area contributed by atoms with Crippen LogP contribution >= 0.6 is 0 Å². The Morgan fingerprint density at radius 3 is 0.976 bits per heavy atom. The van der Waals surface area contributed by atoms with E-state index in [9.17, 15) is 0 Å². The lowest BCUT2D eigenvalue weighted by molar-refractivity contribution is 0.173. The molecule has 0 aliphatic rings. The number of unbranched alkanes of at least 4 members (excludes halogenated alkanes) is 23. The zero-order valence-corrected chi connectivity index (χ0v) is 30.6. The second-order valence-corrected chi connectivity index (χ2v) is 14.4. The molecule has 0 aromatic carbocycles. The summed E-state index contributed by atoms with van der Waals surface area (Å²) in [5.41, 5.74) is 0. The van der Waals surface area contributed by atoms with Crippen LogP contribution in [0.5, 0.6) is 0 Å². The molecule has 0 spiro atoms. The third-order valence-electron chi connectivity index (χ3n) is 10.1. The lowest BCUT2D eigenvalue weighted by atomic mass is 9.92. The van der Waals surface area contributed by atoms with E-state index < -0.39 is 0 Å². The summed E-state index contributed by atoms with van der Waals surface area (Å²) in [4.78, 5) is 2.99. The number of hydrogen-bond acceptors (Lipinski definition) is 1. The smallest absolute Gasteiger partial charge is 0.000977 e. The maximum Gasteiger partial charge on any atom is 0.000977 e. The highest BCUT2D eigenvalue weighted by Gasteiger charge is 2.18. The molecule has 0 saturated carbocycles. The van der Waals surface area contributed by atoms with Gasteiger partial charge in [-0.15, -0.1) is 0 Å². The first-order valence-corrected chi connectivity index (χ1v) is 20.4. The Labute approximate surface area is 269 Å². The van der Waals surface area contributed by atoms with Crippen LogP contribution in [-0.4, -0.2) is 24.5 Å². The van der Waals surface area contributed by atoms with E-state index in [0.717, 1.165) is 11.8 Å². The summed E-state index contributed by atoms with van der Waals surface area (Å²) in [6.07, 6.45) is 44.9. The molecule has 254 valence electrons. The van der Waals surface area contributed by atoms with E-state index >= 15 is 0 Å². The molecule has 0 aliphatic heterocycles. The van der Waals surface area contributed by atoms with E-state index in [1.165, 1.54) is 219 Å². The number of rotatable bonds is 36. The van der Waals surface area contributed by atoms with Gasteiger partial charge < -0.3 is 4.90 Å². The van der Waals surface area contributed by atoms with Crippen LogP contribution in [0.25, 0.3) is 0 Å². The fourth-order valence-electron chi connectivity index (χ4n) is 7.02. The lowest BCUT2D eigenvalue weighted by Gasteiger charge is -2.31. The minimum atomic E-state index is 0.915. The third-order valence-corrected chi connectivity index (χ3v) is 10.1. The van der Waals surface area contributed by atoms with Gasteiger partial charge in [0.25, 0.3) is 0 Å². The molecule has 2 atom stereocenters. The number of hydrogen-bond donors (Lipinski definition) is 0. The van der Waals surface area contributed by atoms with Crippen LogP contribution in [0.1, 0.15) is 234 Å². The van der Waals surface area contributed by atoms with Crippen LogP contribution < -0.4 is 0 Å². The minimum absolute atomic E-state index is 0.915. The second kappa shape index (κ2) is 35.4. The average molecular weight is 592 g/mol.